The SMILES string of the molecule is CCC1CN(CC(=O)Nc2ccc(N)cc2OC)CCS1. The van der Waals surface area contributed by atoms with Crippen molar-refractivity contribution < 1.29 is 9.53 Å². The van der Waals surface area contributed by atoms with Gasteiger partial charge in [0.25, 0.3) is 0 Å². The molecule has 0 saturated carbocycles. The smallest absolute Gasteiger partial charge is 0.238 e. The third kappa shape index (κ3) is 4.54. The first-order chi connectivity index (χ1) is 10.1. The molecule has 2 rings (SSSR count). The van der Waals surface area contributed by atoms with Gasteiger partial charge in [0.1, 0.15) is 5.75 Å². The number of thioether (sulfide) groups is 1. The quantitative estimate of drug-likeness (QED) is 0.815. The number of amides is 1. The van der Waals surface area contributed by atoms with E-state index < -0.39 is 0 Å². The van der Waals surface area contributed by atoms with E-state index in [0.717, 1.165) is 25.3 Å². The molecular weight excluding hydrogens is 286 g/mol. The maximum atomic E-state index is 12.2. The molecule has 1 amide bonds. The molecule has 0 aliphatic carbocycles. The fourth-order valence-corrected chi connectivity index (χ4v) is 3.62. The molecule has 1 fully saturated rings. The lowest BCUT2D eigenvalue weighted by Crippen LogP contribution is -2.42. The zero-order valence-electron chi connectivity index (χ0n) is 12.6. The fourth-order valence-electron chi connectivity index (χ4n) is 2.37. The van der Waals surface area contributed by atoms with Crippen LogP contribution >= 0.6 is 11.8 Å². The summed E-state index contributed by atoms with van der Waals surface area (Å²) in [6.07, 6.45) is 1.15. The van der Waals surface area contributed by atoms with Crippen molar-refractivity contribution in [3.05, 3.63) is 18.2 Å². The van der Waals surface area contributed by atoms with E-state index in [2.05, 4.69) is 17.1 Å². The summed E-state index contributed by atoms with van der Waals surface area (Å²) in [5.41, 5.74) is 6.99. The molecule has 116 valence electrons. The Morgan fingerprint density at radius 2 is 2.38 bits per heavy atom. The summed E-state index contributed by atoms with van der Waals surface area (Å²) in [6.45, 7) is 4.56. The zero-order valence-corrected chi connectivity index (χ0v) is 13.4. The predicted molar refractivity (Wildman–Crippen MR) is 89.0 cm³/mol. The number of rotatable bonds is 5. The van der Waals surface area contributed by atoms with Crippen molar-refractivity contribution in [2.45, 2.75) is 18.6 Å². The van der Waals surface area contributed by atoms with Gasteiger partial charge in [-0.25, -0.2) is 0 Å². The van der Waals surface area contributed by atoms with E-state index in [4.69, 9.17) is 10.5 Å². The monoisotopic (exact) mass is 309 g/mol. The van der Waals surface area contributed by atoms with E-state index in [1.807, 2.05) is 11.8 Å². The molecule has 5 nitrogen and oxygen atoms in total. The molecule has 1 aromatic rings. The number of ether oxygens (including phenoxy) is 1. The molecule has 1 aliphatic heterocycles. The Hall–Kier alpha value is -1.40. The van der Waals surface area contributed by atoms with E-state index in [1.54, 1.807) is 25.3 Å². The van der Waals surface area contributed by atoms with Crippen LogP contribution in [0.4, 0.5) is 11.4 Å². The minimum Gasteiger partial charge on any atom is -0.494 e. The molecule has 0 spiro atoms. The van der Waals surface area contributed by atoms with Crippen molar-refractivity contribution in [1.82, 2.24) is 4.90 Å². The molecule has 21 heavy (non-hydrogen) atoms. The summed E-state index contributed by atoms with van der Waals surface area (Å²) in [4.78, 5) is 14.4. The number of hydrogen-bond acceptors (Lipinski definition) is 5. The standard InChI is InChI=1S/C15H23N3O2S/c1-3-12-9-18(6-7-21-12)10-15(19)17-13-5-4-11(16)8-14(13)20-2/h4-5,8,12H,3,6-7,9-10,16H2,1-2H3,(H,17,19). The van der Waals surface area contributed by atoms with Crippen molar-refractivity contribution >= 4 is 29.0 Å². The molecular formula is C15H23N3O2S. The molecule has 1 heterocycles. The lowest BCUT2D eigenvalue weighted by atomic mass is 10.2. The summed E-state index contributed by atoms with van der Waals surface area (Å²) in [6, 6.07) is 5.23. The summed E-state index contributed by atoms with van der Waals surface area (Å²) >= 11 is 2.00. The maximum absolute atomic E-state index is 12.2. The second-order valence-electron chi connectivity index (χ2n) is 5.14. The normalized spacial score (nSPS) is 19.2. The lowest BCUT2D eigenvalue weighted by molar-refractivity contribution is -0.117. The van der Waals surface area contributed by atoms with E-state index in [1.165, 1.54) is 0 Å². The zero-order chi connectivity index (χ0) is 15.2. The van der Waals surface area contributed by atoms with Gasteiger partial charge in [-0.3, -0.25) is 9.69 Å². The molecule has 0 bridgehead atoms. The molecule has 0 aromatic heterocycles. The summed E-state index contributed by atoms with van der Waals surface area (Å²) in [5, 5.41) is 3.54. The average molecular weight is 309 g/mol. The number of methoxy groups -OCH3 is 1. The first-order valence-electron chi connectivity index (χ1n) is 7.19. The van der Waals surface area contributed by atoms with Crippen molar-refractivity contribution in [1.29, 1.82) is 0 Å². The first kappa shape index (κ1) is 16.0. The topological polar surface area (TPSA) is 67.6 Å². The van der Waals surface area contributed by atoms with Crippen LogP contribution in [0.2, 0.25) is 0 Å². The second-order valence-corrected chi connectivity index (χ2v) is 6.55. The molecule has 1 aromatic carbocycles. The number of nitrogens with two attached hydrogens (primary N) is 1. The summed E-state index contributed by atoms with van der Waals surface area (Å²) in [7, 11) is 1.57. The van der Waals surface area contributed by atoms with Crippen molar-refractivity contribution in [3.63, 3.8) is 0 Å². The summed E-state index contributed by atoms with van der Waals surface area (Å²) < 4.78 is 5.24. The fraction of sp³-hybridized carbons (Fsp3) is 0.533. The highest BCUT2D eigenvalue weighted by molar-refractivity contribution is 8.00. The van der Waals surface area contributed by atoms with Crippen LogP contribution < -0.4 is 15.8 Å². The number of anilines is 2. The van der Waals surface area contributed by atoms with Crippen molar-refractivity contribution in [2.24, 2.45) is 0 Å². The Bertz CT molecular complexity index is 496. The maximum Gasteiger partial charge on any atom is 0.238 e. The predicted octanol–water partition coefficient (Wildman–Crippen LogP) is 2.04. The number of nitrogen functional groups attached to an aromatic ring is 1. The van der Waals surface area contributed by atoms with Gasteiger partial charge in [-0.05, 0) is 18.6 Å². The minimum atomic E-state index is -0.0141. The Balaban J connectivity index is 1.92. The third-order valence-corrected chi connectivity index (χ3v) is 4.92. The van der Waals surface area contributed by atoms with Crippen LogP contribution in [0.1, 0.15) is 13.3 Å². The molecule has 0 radical (unpaired) electrons. The molecule has 1 aliphatic rings. The molecule has 1 saturated heterocycles. The van der Waals surface area contributed by atoms with Crippen LogP contribution in [0.3, 0.4) is 0 Å². The van der Waals surface area contributed by atoms with Crippen LogP contribution in [0.15, 0.2) is 18.2 Å². The van der Waals surface area contributed by atoms with Gasteiger partial charge in [-0.15, -0.1) is 0 Å². The van der Waals surface area contributed by atoms with Crippen LogP contribution in [0, 0.1) is 0 Å². The van der Waals surface area contributed by atoms with E-state index in [-0.39, 0.29) is 5.91 Å². The molecule has 6 heteroatoms. The third-order valence-electron chi connectivity index (χ3n) is 3.55. The highest BCUT2D eigenvalue weighted by atomic mass is 32.2. The van der Waals surface area contributed by atoms with Gasteiger partial charge in [0.05, 0.1) is 19.3 Å². The number of hydrogen-bond donors (Lipinski definition) is 2. The van der Waals surface area contributed by atoms with Gasteiger partial charge in [0.2, 0.25) is 5.91 Å². The highest BCUT2D eigenvalue weighted by Crippen LogP contribution is 2.26. The molecule has 3 N–H and O–H groups in total. The Labute approximate surface area is 130 Å². The summed E-state index contributed by atoms with van der Waals surface area (Å²) in [5.74, 6) is 1.67. The highest BCUT2D eigenvalue weighted by Gasteiger charge is 2.21. The lowest BCUT2D eigenvalue weighted by Gasteiger charge is -2.31. The van der Waals surface area contributed by atoms with Crippen LogP contribution in [0.25, 0.3) is 0 Å². The van der Waals surface area contributed by atoms with Gasteiger partial charge in [-0.1, -0.05) is 6.92 Å². The van der Waals surface area contributed by atoms with Crippen molar-refractivity contribution in [3.8, 4) is 5.75 Å². The largest absolute Gasteiger partial charge is 0.494 e. The van der Waals surface area contributed by atoms with Gasteiger partial charge in [-0.2, -0.15) is 11.8 Å². The van der Waals surface area contributed by atoms with Gasteiger partial charge >= 0.3 is 0 Å². The van der Waals surface area contributed by atoms with Gasteiger partial charge in [0, 0.05) is 35.8 Å². The number of carbonyl (C=O) groups is 1. The van der Waals surface area contributed by atoms with Gasteiger partial charge in [0.15, 0.2) is 0 Å². The molecule has 1 atom stereocenters. The van der Waals surface area contributed by atoms with E-state index >= 15 is 0 Å². The van der Waals surface area contributed by atoms with Crippen LogP contribution in [-0.4, -0.2) is 48.6 Å². The average Bonchev–Trinajstić information content (AvgIpc) is 2.49. The Morgan fingerprint density at radius 3 is 3.10 bits per heavy atom. The van der Waals surface area contributed by atoms with E-state index in [9.17, 15) is 4.79 Å². The number of nitrogens with one attached hydrogen (secondary N) is 1. The number of carbonyl (C=O) groups excluding carboxylic acids is 1. The second kappa shape index (κ2) is 7.56. The van der Waals surface area contributed by atoms with Crippen molar-refractivity contribution in [2.75, 3.05) is 43.5 Å². The van der Waals surface area contributed by atoms with E-state index in [0.29, 0.717) is 28.9 Å². The minimum absolute atomic E-state index is 0.0141. The van der Waals surface area contributed by atoms with Crippen LogP contribution in [0.5, 0.6) is 5.75 Å². The van der Waals surface area contributed by atoms with Crippen LogP contribution in [-0.2, 0) is 4.79 Å². The Morgan fingerprint density at radius 1 is 1.57 bits per heavy atom. The molecule has 1 unspecified atom stereocenters. The first-order valence-corrected chi connectivity index (χ1v) is 8.24. The Kier molecular flexibility index (Phi) is 5.76. The number of benzene rings is 1. The number of nitrogens with zero attached hydrogens (tertiary/aromatic N) is 1. The van der Waals surface area contributed by atoms with Gasteiger partial charge < -0.3 is 15.8 Å².